The van der Waals surface area contributed by atoms with Crippen molar-refractivity contribution in [2.45, 2.75) is 130 Å². The van der Waals surface area contributed by atoms with Crippen LogP contribution in [0.1, 0.15) is 118 Å². The Kier molecular flexibility index (Phi) is 8.10. The van der Waals surface area contributed by atoms with Crippen LogP contribution in [0.2, 0.25) is 0 Å². The zero-order chi connectivity index (χ0) is 24.7. The van der Waals surface area contributed by atoms with Gasteiger partial charge in [-0.2, -0.15) is 0 Å². The van der Waals surface area contributed by atoms with E-state index in [-0.39, 0.29) is 11.5 Å². The van der Waals surface area contributed by atoms with E-state index in [0.29, 0.717) is 5.41 Å². The van der Waals surface area contributed by atoms with Crippen molar-refractivity contribution < 1.29 is 18.1 Å². The van der Waals surface area contributed by atoms with Crippen LogP contribution in [0, 0.1) is 40.4 Å². The average molecular weight is 494 g/mol. The van der Waals surface area contributed by atoms with Gasteiger partial charge in [-0.05, 0) is 112 Å². The van der Waals surface area contributed by atoms with Crippen LogP contribution >= 0.6 is 0 Å². The number of aliphatic hydroxyl groups is 1. The Balaban J connectivity index is 1.38. The van der Waals surface area contributed by atoms with E-state index in [1.54, 1.807) is 0 Å². The van der Waals surface area contributed by atoms with E-state index < -0.39 is 17.0 Å². The number of unbranched alkanes of at least 4 members (excludes halogenated alkanes) is 2. The Morgan fingerprint density at radius 1 is 1.15 bits per heavy atom. The zero-order valence-electron chi connectivity index (χ0n) is 22.3. The third kappa shape index (κ3) is 5.38. The Bertz CT molecular complexity index is 773. The van der Waals surface area contributed by atoms with Crippen molar-refractivity contribution >= 4 is 11.4 Å². The highest BCUT2D eigenvalue weighted by Crippen LogP contribution is 2.67. The molecule has 4 unspecified atom stereocenters. The first-order valence-electron chi connectivity index (χ1n) is 14.1. The summed E-state index contributed by atoms with van der Waals surface area (Å²) in [4.78, 5) is 0. The van der Waals surface area contributed by atoms with Gasteiger partial charge in [0.2, 0.25) is 0 Å². The van der Waals surface area contributed by atoms with Crippen LogP contribution in [0.15, 0.2) is 11.6 Å². The summed E-state index contributed by atoms with van der Waals surface area (Å²) >= 11 is -2.41. The number of hydrogen-bond acceptors (Lipinski definition) is 4. The van der Waals surface area contributed by atoms with E-state index in [2.05, 4.69) is 26.8 Å². The maximum Gasteiger partial charge on any atom is 0.0844 e. The molecule has 0 aliphatic heterocycles. The van der Waals surface area contributed by atoms with Crippen LogP contribution in [-0.4, -0.2) is 25.6 Å². The van der Waals surface area contributed by atoms with Gasteiger partial charge in [-0.3, -0.25) is 4.18 Å². The molecule has 34 heavy (non-hydrogen) atoms. The van der Waals surface area contributed by atoms with Crippen molar-refractivity contribution in [2.24, 2.45) is 40.4 Å². The maximum absolute atomic E-state index is 11.1. The number of allylic oxidation sites excluding steroid dienone is 1. The third-order valence-corrected chi connectivity index (χ3v) is 11.4. The molecule has 0 saturated heterocycles. The monoisotopic (exact) mass is 493 g/mol. The van der Waals surface area contributed by atoms with Crippen molar-refractivity contribution in [1.82, 2.24) is 0 Å². The molecule has 4 rings (SSSR count). The first-order valence-corrected chi connectivity index (χ1v) is 15.1. The fourth-order valence-corrected chi connectivity index (χ4v) is 9.58. The van der Waals surface area contributed by atoms with E-state index in [9.17, 15) is 13.9 Å². The molecule has 0 spiro atoms. The van der Waals surface area contributed by atoms with Crippen LogP contribution in [0.5, 0.6) is 0 Å². The summed E-state index contributed by atoms with van der Waals surface area (Å²) in [6.07, 6.45) is 17.6. The molecule has 1 N–H and O–H groups in total. The Hall–Kier alpha value is -0.230. The molecule has 0 aromatic carbocycles. The summed E-state index contributed by atoms with van der Waals surface area (Å²) in [5, 5.41) is 9.96. The highest BCUT2D eigenvalue weighted by Gasteiger charge is 2.59. The minimum absolute atomic E-state index is 0.164. The van der Waals surface area contributed by atoms with Crippen LogP contribution in [0.4, 0.5) is 0 Å². The topological polar surface area (TPSA) is 69.6 Å². The quantitative estimate of drug-likeness (QED) is 0.211. The first-order chi connectivity index (χ1) is 15.9. The molecule has 196 valence electrons. The molecule has 0 aromatic rings. The number of fused-ring (bicyclic) bond motifs is 5. The summed E-state index contributed by atoms with van der Waals surface area (Å²) in [6.45, 7) is 11.5. The van der Waals surface area contributed by atoms with Crippen molar-refractivity contribution in [3.8, 4) is 0 Å². The molecule has 4 nitrogen and oxygen atoms in total. The molecule has 5 heteroatoms. The lowest BCUT2D eigenvalue weighted by atomic mass is 9.47. The van der Waals surface area contributed by atoms with Gasteiger partial charge >= 0.3 is 0 Å². The molecule has 3 saturated carbocycles. The molecule has 3 fully saturated rings. The van der Waals surface area contributed by atoms with E-state index in [1.165, 1.54) is 56.9 Å². The van der Waals surface area contributed by atoms with Gasteiger partial charge in [0.25, 0.3) is 0 Å². The molecule has 0 bridgehead atoms. The highest BCUT2D eigenvalue weighted by molar-refractivity contribution is 7.74. The average Bonchev–Trinajstić information content (AvgIpc) is 3.10. The van der Waals surface area contributed by atoms with E-state index in [0.717, 1.165) is 61.7 Å². The Morgan fingerprint density at radius 2 is 1.91 bits per heavy atom. The van der Waals surface area contributed by atoms with Gasteiger partial charge in [-0.1, -0.05) is 58.1 Å². The minimum Gasteiger partial charge on any atom is -0.750 e. The minimum atomic E-state index is -2.41. The number of rotatable bonds is 9. The third-order valence-electron chi connectivity index (χ3n) is 11.0. The van der Waals surface area contributed by atoms with Gasteiger partial charge in [-0.25, -0.2) is 4.21 Å². The van der Waals surface area contributed by atoms with Gasteiger partial charge < -0.3 is 9.66 Å². The summed E-state index contributed by atoms with van der Waals surface area (Å²) < 4.78 is 27.3. The van der Waals surface area contributed by atoms with Crippen LogP contribution < -0.4 is 0 Å². The molecular formula is C29H49O4S-. The first kappa shape index (κ1) is 26.8. The van der Waals surface area contributed by atoms with Crippen LogP contribution in [0.25, 0.3) is 0 Å². The van der Waals surface area contributed by atoms with Crippen LogP contribution in [-0.2, 0) is 15.5 Å². The standard InChI is InChI=1S/C29H50O4S/c1-20(9-7-6-8-16-27(2,3)30)24-12-13-25-23-11-10-21-19-22(33-34(31)32)14-17-28(21,4)26(23)15-18-29(24,25)5/h10,20,22-26,30H,6-9,11-19H2,1-5H3,(H,31,32)/p-1/t20-,22+,23?,24-,25?,26?,28+,29-/m1/s1. The number of hydrogen-bond donors (Lipinski definition) is 1. The molecule has 4 aliphatic rings. The largest absolute Gasteiger partial charge is 0.750 e. The van der Waals surface area contributed by atoms with Gasteiger partial charge in [0.05, 0.1) is 23.1 Å². The van der Waals surface area contributed by atoms with Crippen molar-refractivity contribution in [1.29, 1.82) is 0 Å². The van der Waals surface area contributed by atoms with Gasteiger partial charge in [-0.15, -0.1) is 0 Å². The second-order valence-electron chi connectivity index (χ2n) is 13.5. The van der Waals surface area contributed by atoms with Gasteiger partial charge in [0.15, 0.2) is 0 Å². The lowest BCUT2D eigenvalue weighted by molar-refractivity contribution is -0.0557. The molecule has 9 atom stereocenters. The smallest absolute Gasteiger partial charge is 0.0844 e. The Labute approximate surface area is 211 Å². The van der Waals surface area contributed by atoms with Crippen molar-refractivity contribution in [3.63, 3.8) is 0 Å². The summed E-state index contributed by atoms with van der Waals surface area (Å²) in [5.41, 5.74) is 1.67. The lowest BCUT2D eigenvalue weighted by Crippen LogP contribution is -2.51. The van der Waals surface area contributed by atoms with Crippen molar-refractivity contribution in [2.75, 3.05) is 0 Å². The summed E-state index contributed by atoms with van der Waals surface area (Å²) in [5.74, 6) is 4.02. The molecule has 0 aromatic heterocycles. The molecule has 0 amide bonds. The highest BCUT2D eigenvalue weighted by atomic mass is 32.2. The molecule has 0 heterocycles. The predicted octanol–water partition coefficient (Wildman–Crippen LogP) is 7.10. The Morgan fingerprint density at radius 3 is 2.62 bits per heavy atom. The normalized spacial score (nSPS) is 41.7. The fourth-order valence-electron chi connectivity index (χ4n) is 9.20. The van der Waals surface area contributed by atoms with E-state index in [1.807, 2.05) is 13.8 Å². The van der Waals surface area contributed by atoms with Crippen LogP contribution in [0.3, 0.4) is 0 Å². The lowest BCUT2D eigenvalue weighted by Gasteiger charge is -2.58. The molecular weight excluding hydrogens is 444 g/mol. The maximum atomic E-state index is 11.1. The molecule has 0 radical (unpaired) electrons. The SMILES string of the molecule is C[C@H](CCCCCC(C)(C)O)[C@H]1CCC2C3CC=C4C[C@@H](OS(=O)[O-])CC[C@]4(C)C3CC[C@@]21C. The summed E-state index contributed by atoms with van der Waals surface area (Å²) in [6, 6.07) is 0. The second kappa shape index (κ2) is 10.3. The van der Waals surface area contributed by atoms with E-state index in [4.69, 9.17) is 4.18 Å². The summed E-state index contributed by atoms with van der Waals surface area (Å²) in [7, 11) is 0. The molecule has 4 aliphatic carbocycles. The van der Waals surface area contributed by atoms with E-state index >= 15 is 0 Å². The zero-order valence-corrected chi connectivity index (χ0v) is 23.1. The second-order valence-corrected chi connectivity index (χ2v) is 14.1. The fraction of sp³-hybridized carbons (Fsp3) is 0.931. The van der Waals surface area contributed by atoms with Gasteiger partial charge in [0, 0.05) is 0 Å². The van der Waals surface area contributed by atoms with Gasteiger partial charge in [0.1, 0.15) is 0 Å². The predicted molar refractivity (Wildman–Crippen MR) is 138 cm³/mol. The van der Waals surface area contributed by atoms with Crippen molar-refractivity contribution in [3.05, 3.63) is 11.6 Å².